The molecule has 0 rings (SSSR count). The quantitative estimate of drug-likeness (QED) is 0.404. The molecule has 0 aromatic heterocycles. The number of hydrogen-bond acceptors (Lipinski definition) is 0. The Morgan fingerprint density at radius 1 is 1.25 bits per heavy atom. The summed E-state index contributed by atoms with van der Waals surface area (Å²) in [6.07, 6.45) is 5.74. The van der Waals surface area contributed by atoms with Crippen molar-refractivity contribution >= 4 is 8.80 Å². The molecular formula is C7H15Si. The van der Waals surface area contributed by atoms with Gasteiger partial charge in [0.1, 0.15) is 0 Å². The molecule has 0 aromatic carbocycles. The third-order valence-electron chi connectivity index (χ3n) is 0.928. The van der Waals surface area contributed by atoms with Crippen LogP contribution in [0.1, 0.15) is 13.3 Å². The minimum absolute atomic E-state index is 0.00610. The van der Waals surface area contributed by atoms with Crippen LogP contribution in [0.4, 0.5) is 0 Å². The number of rotatable bonds is 3. The molecule has 0 aliphatic carbocycles. The Labute approximate surface area is 54.2 Å². The van der Waals surface area contributed by atoms with Gasteiger partial charge >= 0.3 is 0 Å². The van der Waals surface area contributed by atoms with E-state index in [4.69, 9.17) is 0 Å². The lowest BCUT2D eigenvalue weighted by molar-refractivity contribution is 1.21. The maximum absolute atomic E-state index is 2.34. The van der Waals surface area contributed by atoms with Crippen molar-refractivity contribution in [3.05, 3.63) is 12.2 Å². The lowest BCUT2D eigenvalue weighted by Gasteiger charge is -1.91. The van der Waals surface area contributed by atoms with Crippen LogP contribution in [0, 0.1) is 0 Å². The molecule has 8 heavy (non-hydrogen) atoms. The second-order valence-corrected chi connectivity index (χ2v) is 5.11. The summed E-state index contributed by atoms with van der Waals surface area (Å²) in [5.41, 5.74) is 0. The summed E-state index contributed by atoms with van der Waals surface area (Å²) in [6.45, 7) is 6.85. The second-order valence-electron chi connectivity index (χ2n) is 2.29. The average molecular weight is 127 g/mol. The summed E-state index contributed by atoms with van der Waals surface area (Å²) in [5, 5.41) is 0. The smallest absolute Gasteiger partial charge is 0.0452 e. The molecular weight excluding hydrogens is 112 g/mol. The van der Waals surface area contributed by atoms with Gasteiger partial charge in [0, 0.05) is 8.80 Å². The van der Waals surface area contributed by atoms with Crippen molar-refractivity contribution in [1.29, 1.82) is 0 Å². The lowest BCUT2D eigenvalue weighted by Crippen LogP contribution is -1.94. The third kappa shape index (κ3) is 5.96. The highest BCUT2D eigenvalue weighted by Crippen LogP contribution is 1.92. The van der Waals surface area contributed by atoms with E-state index in [2.05, 4.69) is 32.2 Å². The first-order valence-corrected chi connectivity index (χ1v) is 5.92. The molecule has 1 radical (unpaired) electrons. The first-order chi connectivity index (χ1) is 3.77. The highest BCUT2D eigenvalue weighted by molar-refractivity contribution is 6.56. The predicted octanol–water partition coefficient (Wildman–Crippen LogP) is 2.71. The zero-order valence-electron chi connectivity index (χ0n) is 6.07. The van der Waals surface area contributed by atoms with Gasteiger partial charge in [0.05, 0.1) is 0 Å². The van der Waals surface area contributed by atoms with Crippen LogP contribution in [0.2, 0.25) is 19.1 Å². The summed E-state index contributed by atoms with van der Waals surface area (Å²) in [5.74, 6) is 0. The van der Waals surface area contributed by atoms with Gasteiger partial charge in [-0.25, -0.2) is 0 Å². The highest BCUT2D eigenvalue weighted by atomic mass is 28.3. The maximum atomic E-state index is 2.34. The predicted molar refractivity (Wildman–Crippen MR) is 41.7 cm³/mol. The molecule has 1 heteroatoms. The normalized spacial score (nSPS) is 11.5. The van der Waals surface area contributed by atoms with Crippen LogP contribution in [0.5, 0.6) is 0 Å². The van der Waals surface area contributed by atoms with Crippen molar-refractivity contribution in [1.82, 2.24) is 0 Å². The van der Waals surface area contributed by atoms with Crippen molar-refractivity contribution in [2.45, 2.75) is 32.5 Å². The van der Waals surface area contributed by atoms with Gasteiger partial charge in [-0.15, -0.1) is 0 Å². The molecule has 0 fully saturated rings. The zero-order chi connectivity index (χ0) is 6.41. The van der Waals surface area contributed by atoms with E-state index in [-0.39, 0.29) is 8.80 Å². The van der Waals surface area contributed by atoms with E-state index in [1.165, 1.54) is 12.5 Å². The number of hydrogen-bond donors (Lipinski definition) is 0. The van der Waals surface area contributed by atoms with Crippen LogP contribution in [-0.4, -0.2) is 8.80 Å². The third-order valence-corrected chi connectivity index (χ3v) is 1.98. The van der Waals surface area contributed by atoms with Gasteiger partial charge in [-0.2, -0.15) is 0 Å². The van der Waals surface area contributed by atoms with Crippen molar-refractivity contribution < 1.29 is 0 Å². The topological polar surface area (TPSA) is 0 Å². The van der Waals surface area contributed by atoms with Crippen molar-refractivity contribution in [2.24, 2.45) is 0 Å². The minimum Gasteiger partial charge on any atom is -0.0914 e. The zero-order valence-corrected chi connectivity index (χ0v) is 7.07. The summed E-state index contributed by atoms with van der Waals surface area (Å²) in [6, 6.07) is 1.33. The fraction of sp³-hybridized carbons (Fsp3) is 0.714. The van der Waals surface area contributed by atoms with Crippen LogP contribution in [0.15, 0.2) is 12.2 Å². The van der Waals surface area contributed by atoms with Crippen LogP contribution >= 0.6 is 0 Å². The molecule has 0 unspecified atom stereocenters. The van der Waals surface area contributed by atoms with Gasteiger partial charge in [0.2, 0.25) is 0 Å². The monoisotopic (exact) mass is 127 g/mol. The Morgan fingerprint density at radius 3 is 2.25 bits per heavy atom. The van der Waals surface area contributed by atoms with Crippen LogP contribution in [0.25, 0.3) is 0 Å². The van der Waals surface area contributed by atoms with E-state index >= 15 is 0 Å². The van der Waals surface area contributed by atoms with Crippen molar-refractivity contribution in [2.75, 3.05) is 0 Å². The molecule has 0 atom stereocenters. The fourth-order valence-electron chi connectivity index (χ4n) is 0.486. The summed E-state index contributed by atoms with van der Waals surface area (Å²) < 4.78 is 0. The van der Waals surface area contributed by atoms with E-state index < -0.39 is 0 Å². The Bertz CT molecular complexity index is 64.8. The van der Waals surface area contributed by atoms with E-state index in [0.717, 1.165) is 0 Å². The first-order valence-electron chi connectivity index (χ1n) is 3.21. The van der Waals surface area contributed by atoms with Crippen molar-refractivity contribution in [3.8, 4) is 0 Å². The van der Waals surface area contributed by atoms with Gasteiger partial charge in [-0.05, 0) is 12.5 Å². The van der Waals surface area contributed by atoms with Crippen LogP contribution in [0.3, 0.4) is 0 Å². The summed E-state index contributed by atoms with van der Waals surface area (Å²) in [7, 11) is 0.00610. The molecule has 0 aliphatic heterocycles. The molecule has 0 aromatic rings. The molecule has 0 amide bonds. The Balaban J connectivity index is 3.03. The first kappa shape index (κ1) is 7.96. The average Bonchev–Trinajstić information content (AvgIpc) is 1.66. The molecule has 0 saturated carbocycles. The minimum atomic E-state index is 0.00610. The largest absolute Gasteiger partial charge is 0.0914 e. The molecule has 0 saturated heterocycles. The van der Waals surface area contributed by atoms with E-state index in [1.807, 2.05) is 0 Å². The summed E-state index contributed by atoms with van der Waals surface area (Å²) in [4.78, 5) is 0. The lowest BCUT2D eigenvalue weighted by atomic mass is 10.4. The number of allylic oxidation sites excluding steroid dienone is 2. The Morgan fingerprint density at radius 2 is 1.88 bits per heavy atom. The molecule has 0 nitrogen and oxygen atoms in total. The van der Waals surface area contributed by atoms with E-state index in [9.17, 15) is 0 Å². The molecule has 0 spiro atoms. The fourth-order valence-corrected chi connectivity index (χ4v) is 1.12. The Hall–Kier alpha value is -0.0431. The molecule has 47 valence electrons. The standard InChI is InChI=1S/C7H15Si/c1-4-5-6-7-8(2)3/h5-6H,4,7H2,1-3H3. The molecule has 0 heterocycles. The molecule has 0 bridgehead atoms. The van der Waals surface area contributed by atoms with Crippen LogP contribution < -0.4 is 0 Å². The van der Waals surface area contributed by atoms with Gasteiger partial charge in [0.25, 0.3) is 0 Å². The van der Waals surface area contributed by atoms with E-state index in [0.29, 0.717) is 0 Å². The van der Waals surface area contributed by atoms with E-state index in [1.54, 1.807) is 0 Å². The Kier molecular flexibility index (Phi) is 5.07. The second kappa shape index (κ2) is 5.10. The molecule has 0 aliphatic rings. The highest BCUT2D eigenvalue weighted by Gasteiger charge is 1.87. The van der Waals surface area contributed by atoms with Crippen LogP contribution in [-0.2, 0) is 0 Å². The van der Waals surface area contributed by atoms with Gasteiger partial charge in [-0.3, -0.25) is 0 Å². The van der Waals surface area contributed by atoms with Gasteiger partial charge in [-0.1, -0.05) is 32.2 Å². The maximum Gasteiger partial charge on any atom is 0.0452 e. The van der Waals surface area contributed by atoms with Crippen molar-refractivity contribution in [3.63, 3.8) is 0 Å². The molecule has 0 N–H and O–H groups in total. The SMILES string of the molecule is CCC=CC[Si](C)C. The van der Waals surface area contributed by atoms with Gasteiger partial charge in [0.15, 0.2) is 0 Å². The van der Waals surface area contributed by atoms with Gasteiger partial charge < -0.3 is 0 Å². The summed E-state index contributed by atoms with van der Waals surface area (Å²) >= 11 is 0.